The molecule has 0 aliphatic carbocycles. The maximum Gasteiger partial charge on any atom is 0.327 e. The molecule has 15 heavy (non-hydrogen) atoms. The van der Waals surface area contributed by atoms with Crippen LogP contribution < -0.4 is 5.09 Å². The highest BCUT2D eigenvalue weighted by Crippen LogP contribution is 2.83. The molecular weight excluding hydrogens is 312 g/mol. The van der Waals surface area contributed by atoms with E-state index in [1.165, 1.54) is 0 Å². The van der Waals surface area contributed by atoms with Crippen molar-refractivity contribution in [2.45, 2.75) is 12.5 Å². The Morgan fingerprint density at radius 3 is 2.27 bits per heavy atom. The zero-order valence-corrected chi connectivity index (χ0v) is 14.1. The number of aliphatic carboxylic acids is 1. The molecule has 2 N–H and O–H groups in total. The molecule has 0 heterocycles. The average Bonchev–Trinajstić information content (AvgIpc) is 2.13. The molecule has 0 aromatic rings. The Morgan fingerprint density at radius 2 is 1.93 bits per heavy atom. The van der Waals surface area contributed by atoms with Crippen molar-refractivity contribution >= 4 is 62.6 Å². The number of carbonyl (C=O) groups is 2. The summed E-state index contributed by atoms with van der Waals surface area (Å²) in [5.41, 5.74) is 0. The SMILES string of the molecule is O=C(O)C[C@H](NP)C(=O)OP(P)P(P)P. The van der Waals surface area contributed by atoms with E-state index in [1.54, 1.807) is 0 Å². The fraction of sp³-hybridized carbons (Fsp3) is 0.500. The molecule has 0 radical (unpaired) electrons. The van der Waals surface area contributed by atoms with Gasteiger partial charge in [0.2, 0.25) is 0 Å². The Labute approximate surface area is 99.7 Å². The molecule has 0 aromatic carbocycles. The van der Waals surface area contributed by atoms with Crippen LogP contribution in [0.5, 0.6) is 0 Å². The molecule has 88 valence electrons. The van der Waals surface area contributed by atoms with Gasteiger partial charge in [0.15, 0.2) is 0 Å². The molecule has 0 bridgehead atoms. The van der Waals surface area contributed by atoms with E-state index in [0.29, 0.717) is 0 Å². The third-order valence-corrected chi connectivity index (χ3v) is 15.7. The molecular formula is C4H13NO4P6. The minimum absolute atomic E-state index is 0.290. The molecule has 0 saturated heterocycles. The second kappa shape index (κ2) is 8.55. The number of hydrogen-bond acceptors (Lipinski definition) is 4. The molecule has 0 saturated carbocycles. The number of rotatable bonds is 6. The van der Waals surface area contributed by atoms with Gasteiger partial charge < -0.3 is 9.63 Å². The van der Waals surface area contributed by atoms with Crippen LogP contribution in [0.2, 0.25) is 0 Å². The van der Waals surface area contributed by atoms with Gasteiger partial charge in [0.05, 0.1) is 6.42 Å². The van der Waals surface area contributed by atoms with Gasteiger partial charge in [0.1, 0.15) is 13.6 Å². The Balaban J connectivity index is 4.21. The van der Waals surface area contributed by atoms with Crippen molar-refractivity contribution in [3.8, 4) is 0 Å². The molecule has 0 amide bonds. The standard InChI is InChI=1S/C4H13NO4P6/c6-3(7)1-2(5-10)4(8)9-14(11)15(12)13/h2,5H,1,10-13H2,(H,6,7)/t2-,14?/m0/s1. The second-order valence-electron chi connectivity index (χ2n) is 2.41. The summed E-state index contributed by atoms with van der Waals surface area (Å²) < 4.78 is 5.10. The van der Waals surface area contributed by atoms with Crippen molar-refractivity contribution in [2.75, 3.05) is 0 Å². The van der Waals surface area contributed by atoms with Crippen molar-refractivity contribution in [1.82, 2.24) is 5.09 Å². The van der Waals surface area contributed by atoms with E-state index < -0.39 is 32.5 Å². The fourth-order valence-electron chi connectivity index (χ4n) is 0.588. The number of nitrogens with one attached hydrogen (secondary N) is 1. The van der Waals surface area contributed by atoms with E-state index in [2.05, 4.69) is 41.3 Å². The van der Waals surface area contributed by atoms with Crippen molar-refractivity contribution in [1.29, 1.82) is 0 Å². The first-order valence-corrected chi connectivity index (χ1v) is 12.4. The lowest BCUT2D eigenvalue weighted by Crippen LogP contribution is -2.33. The van der Waals surface area contributed by atoms with Crippen LogP contribution in [-0.2, 0) is 14.1 Å². The first-order chi connectivity index (χ1) is 6.88. The van der Waals surface area contributed by atoms with E-state index in [0.717, 1.165) is 0 Å². The maximum atomic E-state index is 11.5. The van der Waals surface area contributed by atoms with Crippen LogP contribution in [0.4, 0.5) is 0 Å². The first-order valence-electron chi connectivity index (χ1n) is 3.62. The Bertz CT molecular complexity index is 237. The molecule has 0 aromatic heterocycles. The van der Waals surface area contributed by atoms with Crippen molar-refractivity contribution in [2.24, 2.45) is 0 Å². The van der Waals surface area contributed by atoms with Gasteiger partial charge in [-0.15, -0.1) is 0 Å². The minimum atomic E-state index is -1.04. The Hall–Kier alpha value is 1.48. The number of hydrogen-bond donors (Lipinski definition) is 2. The molecule has 5 unspecified atom stereocenters. The van der Waals surface area contributed by atoms with Gasteiger partial charge in [0, 0.05) is 6.99 Å². The van der Waals surface area contributed by atoms with Crippen molar-refractivity contribution in [3.05, 3.63) is 0 Å². The van der Waals surface area contributed by atoms with Crippen LogP contribution in [0.15, 0.2) is 0 Å². The zero-order chi connectivity index (χ0) is 12.0. The van der Waals surface area contributed by atoms with Gasteiger partial charge in [-0.05, 0) is 0 Å². The average molecular weight is 325 g/mol. The van der Waals surface area contributed by atoms with Crippen LogP contribution in [-0.4, -0.2) is 23.1 Å². The highest BCUT2D eigenvalue weighted by Gasteiger charge is 2.24. The molecule has 0 spiro atoms. The van der Waals surface area contributed by atoms with Gasteiger partial charge in [-0.1, -0.05) is 36.2 Å². The van der Waals surface area contributed by atoms with Crippen molar-refractivity contribution in [3.63, 3.8) is 0 Å². The molecule has 0 rings (SSSR count). The summed E-state index contributed by atoms with van der Waals surface area (Å²) in [6.07, 6.45) is -0.290. The van der Waals surface area contributed by atoms with E-state index >= 15 is 0 Å². The lowest BCUT2D eigenvalue weighted by atomic mass is 10.2. The normalized spacial score (nSPS) is 14.7. The van der Waals surface area contributed by atoms with E-state index in [-0.39, 0.29) is 6.42 Å². The smallest absolute Gasteiger partial charge is 0.327 e. The van der Waals surface area contributed by atoms with E-state index in [9.17, 15) is 9.59 Å². The number of carbonyl (C=O) groups excluding carboxylic acids is 1. The first kappa shape index (κ1) is 16.5. The monoisotopic (exact) mass is 325 g/mol. The van der Waals surface area contributed by atoms with Crippen molar-refractivity contribution < 1.29 is 19.2 Å². The Morgan fingerprint density at radius 1 is 1.40 bits per heavy atom. The summed E-state index contributed by atoms with van der Waals surface area (Å²) in [4.78, 5) is 21.9. The summed E-state index contributed by atoms with van der Waals surface area (Å²) in [6, 6.07) is -0.817. The van der Waals surface area contributed by atoms with Crippen LogP contribution in [0.25, 0.3) is 0 Å². The summed E-state index contributed by atoms with van der Waals surface area (Å²) >= 11 is 0. The van der Waals surface area contributed by atoms with Crippen LogP contribution >= 0.6 is 50.7 Å². The highest BCUT2D eigenvalue weighted by atomic mass is 32.8. The zero-order valence-electron chi connectivity index (χ0n) is 7.66. The largest absolute Gasteiger partial charge is 0.481 e. The lowest BCUT2D eigenvalue weighted by molar-refractivity contribution is -0.143. The van der Waals surface area contributed by atoms with E-state index in [1.807, 2.05) is 0 Å². The van der Waals surface area contributed by atoms with Gasteiger partial charge in [-0.3, -0.25) is 14.7 Å². The van der Waals surface area contributed by atoms with Gasteiger partial charge in [-0.25, -0.2) is 0 Å². The molecule has 5 nitrogen and oxygen atoms in total. The quantitative estimate of drug-likeness (QED) is 0.730. The van der Waals surface area contributed by atoms with Crippen LogP contribution in [0.1, 0.15) is 6.42 Å². The van der Waals surface area contributed by atoms with Gasteiger partial charge in [-0.2, -0.15) is 0 Å². The fourth-order valence-corrected chi connectivity index (χ4v) is 2.93. The third kappa shape index (κ3) is 7.41. The third-order valence-electron chi connectivity index (χ3n) is 1.28. The second-order valence-corrected chi connectivity index (χ2v) is 17.3. The Kier molecular flexibility index (Phi) is 9.40. The summed E-state index contributed by atoms with van der Waals surface area (Å²) in [5, 5.41) is 11.1. The molecule has 0 aliphatic heterocycles. The number of carboxylic acid groups (broad SMARTS) is 1. The maximum absolute atomic E-state index is 11.5. The van der Waals surface area contributed by atoms with Gasteiger partial charge >= 0.3 is 11.9 Å². The molecule has 11 heteroatoms. The summed E-state index contributed by atoms with van der Waals surface area (Å²) in [7, 11) is 8.77. The van der Waals surface area contributed by atoms with E-state index in [4.69, 9.17) is 9.63 Å². The summed E-state index contributed by atoms with van der Waals surface area (Å²) in [6.45, 7) is -0.508. The molecule has 6 atom stereocenters. The predicted molar refractivity (Wildman–Crippen MR) is 77.9 cm³/mol. The predicted octanol–water partition coefficient (Wildman–Crippen LogP) is 1.92. The minimum Gasteiger partial charge on any atom is -0.481 e. The summed E-state index contributed by atoms with van der Waals surface area (Å²) in [5.74, 6) is -1.58. The van der Waals surface area contributed by atoms with Crippen LogP contribution in [0, 0.1) is 0 Å². The van der Waals surface area contributed by atoms with Gasteiger partial charge in [0.25, 0.3) is 0 Å². The topological polar surface area (TPSA) is 75.6 Å². The lowest BCUT2D eigenvalue weighted by Gasteiger charge is -2.19. The molecule has 0 fully saturated rings. The number of carboxylic acids is 1. The van der Waals surface area contributed by atoms with Crippen LogP contribution in [0.3, 0.4) is 0 Å². The highest BCUT2D eigenvalue weighted by molar-refractivity contribution is 8.81. The molecule has 0 aliphatic rings.